The van der Waals surface area contributed by atoms with Gasteiger partial charge in [-0.15, -0.1) is 11.8 Å². The molecule has 244 valence electrons. The summed E-state index contributed by atoms with van der Waals surface area (Å²) in [6.07, 6.45) is 3.09. The van der Waals surface area contributed by atoms with Crippen LogP contribution in [0.3, 0.4) is 0 Å². The number of thioether (sulfide) groups is 2. The number of carbonyl (C=O) groups is 3. The lowest BCUT2D eigenvalue weighted by Gasteiger charge is -2.31. The van der Waals surface area contributed by atoms with Crippen LogP contribution < -0.4 is 10.6 Å². The van der Waals surface area contributed by atoms with E-state index < -0.39 is 12.0 Å². The monoisotopic (exact) mass is 679 g/mol. The fourth-order valence-corrected chi connectivity index (χ4v) is 7.23. The molecule has 0 aliphatic heterocycles. The minimum Gasteiger partial charge on any atom is -0.480 e. The van der Waals surface area contributed by atoms with E-state index in [1.807, 2.05) is 65.8 Å². The molecule has 0 aliphatic rings. The van der Waals surface area contributed by atoms with Crippen molar-refractivity contribution in [2.24, 2.45) is 5.92 Å². The number of carboxylic acid groups (broad SMARTS) is 1. The number of nitrogens with zero attached hydrogens (tertiary/aromatic N) is 1. The summed E-state index contributed by atoms with van der Waals surface area (Å²) in [6.45, 7) is 5.07. The lowest BCUT2D eigenvalue weighted by Crippen LogP contribution is -2.51. The summed E-state index contributed by atoms with van der Waals surface area (Å²) < 4.78 is 0. The van der Waals surface area contributed by atoms with Crippen LogP contribution in [0.4, 0.5) is 0 Å². The summed E-state index contributed by atoms with van der Waals surface area (Å²) in [5.74, 6) is -0.521. The third-order valence-corrected chi connectivity index (χ3v) is 10.2. The molecule has 0 saturated carbocycles. The van der Waals surface area contributed by atoms with Crippen molar-refractivity contribution in [2.45, 2.75) is 50.2 Å². The third kappa shape index (κ3) is 9.88. The lowest BCUT2D eigenvalue weighted by molar-refractivity contribution is -0.142. The Morgan fingerprint density at radius 2 is 1.61 bits per heavy atom. The van der Waals surface area contributed by atoms with Crippen molar-refractivity contribution in [2.75, 3.05) is 30.9 Å². The molecule has 0 unspecified atom stereocenters. The molecule has 4 aromatic rings. The summed E-state index contributed by atoms with van der Waals surface area (Å²) in [7, 11) is 0. The van der Waals surface area contributed by atoms with Crippen LogP contribution in [0, 0.1) is 5.92 Å². The Kier molecular flexibility index (Phi) is 13.6. The highest BCUT2D eigenvalue weighted by Crippen LogP contribution is 2.33. The maximum Gasteiger partial charge on any atom is 0.326 e. The van der Waals surface area contributed by atoms with Crippen LogP contribution in [0.2, 0.25) is 5.02 Å². The molecule has 2 amide bonds. The summed E-state index contributed by atoms with van der Waals surface area (Å²) in [4.78, 5) is 41.5. The first-order valence-corrected chi connectivity index (χ1v) is 18.2. The second-order valence-corrected chi connectivity index (χ2v) is 13.9. The van der Waals surface area contributed by atoms with Gasteiger partial charge in [-0.2, -0.15) is 11.8 Å². The van der Waals surface area contributed by atoms with Gasteiger partial charge in [0.1, 0.15) is 6.04 Å². The molecule has 10 heteroatoms. The Morgan fingerprint density at radius 1 is 0.913 bits per heavy atom. The molecular formula is C36H42ClN3O4S2. The van der Waals surface area contributed by atoms with Gasteiger partial charge in [-0.05, 0) is 58.2 Å². The molecule has 4 aromatic carbocycles. The fourth-order valence-electron chi connectivity index (χ4n) is 5.50. The molecule has 0 fully saturated rings. The maximum atomic E-state index is 13.4. The van der Waals surface area contributed by atoms with Gasteiger partial charge in [-0.3, -0.25) is 14.5 Å². The van der Waals surface area contributed by atoms with E-state index in [1.54, 1.807) is 11.8 Å². The van der Waals surface area contributed by atoms with E-state index in [4.69, 9.17) is 11.6 Å². The predicted molar refractivity (Wildman–Crippen MR) is 193 cm³/mol. The van der Waals surface area contributed by atoms with Gasteiger partial charge in [-0.25, -0.2) is 4.79 Å². The molecule has 3 atom stereocenters. The third-order valence-electron chi connectivity index (χ3n) is 8.19. The van der Waals surface area contributed by atoms with Crippen molar-refractivity contribution in [1.82, 2.24) is 15.5 Å². The zero-order valence-corrected chi connectivity index (χ0v) is 28.9. The number of hydrogen-bond donors (Lipinski definition) is 3. The van der Waals surface area contributed by atoms with Crippen LogP contribution >= 0.6 is 35.1 Å². The van der Waals surface area contributed by atoms with E-state index in [-0.39, 0.29) is 36.1 Å². The van der Waals surface area contributed by atoms with Crippen LogP contribution in [-0.2, 0) is 20.9 Å². The highest BCUT2D eigenvalue weighted by Gasteiger charge is 2.26. The SMILES string of the molecule is CC[C@H](C)[C@@H](CN(CC(=O)N[C@@H](CCSC)C(=O)O)Cc1cccc2ccccc12)NC(=O)CSc1cccc2cccc(Cl)c12. The molecule has 0 aromatic heterocycles. The number of benzene rings is 4. The van der Waals surface area contributed by atoms with E-state index in [0.717, 1.165) is 38.4 Å². The Bertz CT molecular complexity index is 1640. The summed E-state index contributed by atoms with van der Waals surface area (Å²) >= 11 is 9.50. The van der Waals surface area contributed by atoms with Gasteiger partial charge in [-0.1, -0.05) is 98.6 Å². The first kappa shape index (κ1) is 35.6. The van der Waals surface area contributed by atoms with Crippen molar-refractivity contribution in [3.05, 3.63) is 89.4 Å². The predicted octanol–water partition coefficient (Wildman–Crippen LogP) is 7.09. The zero-order chi connectivity index (χ0) is 33.1. The normalized spacial score (nSPS) is 13.4. The highest BCUT2D eigenvalue weighted by atomic mass is 35.5. The fraction of sp³-hybridized carbons (Fsp3) is 0.361. The Morgan fingerprint density at radius 3 is 2.35 bits per heavy atom. The molecule has 7 nitrogen and oxygen atoms in total. The summed E-state index contributed by atoms with van der Waals surface area (Å²) in [5, 5.41) is 20.5. The van der Waals surface area contributed by atoms with Gasteiger partial charge in [0.2, 0.25) is 11.8 Å². The van der Waals surface area contributed by atoms with Crippen molar-refractivity contribution >= 4 is 74.5 Å². The van der Waals surface area contributed by atoms with E-state index in [2.05, 4.69) is 48.7 Å². The highest BCUT2D eigenvalue weighted by molar-refractivity contribution is 8.00. The number of halogens is 1. The topological polar surface area (TPSA) is 98.7 Å². The minimum absolute atomic E-state index is 0.00166. The molecule has 0 heterocycles. The minimum atomic E-state index is -1.04. The second kappa shape index (κ2) is 17.6. The molecule has 46 heavy (non-hydrogen) atoms. The Hall–Kier alpha value is -3.24. The van der Waals surface area contributed by atoms with Gasteiger partial charge in [0.25, 0.3) is 0 Å². The van der Waals surface area contributed by atoms with Crippen molar-refractivity contribution < 1.29 is 19.5 Å². The number of amides is 2. The molecule has 0 radical (unpaired) electrons. The number of fused-ring (bicyclic) bond motifs is 2. The van der Waals surface area contributed by atoms with Crippen LogP contribution in [0.15, 0.2) is 83.8 Å². The Balaban J connectivity index is 1.52. The number of carboxylic acids is 1. The van der Waals surface area contributed by atoms with Gasteiger partial charge in [0, 0.05) is 34.4 Å². The van der Waals surface area contributed by atoms with Gasteiger partial charge in [0.15, 0.2) is 0 Å². The molecule has 0 bridgehead atoms. The van der Waals surface area contributed by atoms with Crippen LogP contribution in [0.25, 0.3) is 21.5 Å². The average molecular weight is 680 g/mol. The number of nitrogens with one attached hydrogen (secondary N) is 2. The summed E-state index contributed by atoms with van der Waals surface area (Å²) in [6, 6.07) is 24.8. The van der Waals surface area contributed by atoms with E-state index >= 15 is 0 Å². The summed E-state index contributed by atoms with van der Waals surface area (Å²) in [5.41, 5.74) is 1.06. The average Bonchev–Trinajstić information content (AvgIpc) is 3.05. The largest absolute Gasteiger partial charge is 0.480 e. The number of aliphatic carboxylic acids is 1. The zero-order valence-electron chi connectivity index (χ0n) is 26.5. The molecule has 4 rings (SSSR count). The quantitative estimate of drug-likeness (QED) is 0.103. The van der Waals surface area contributed by atoms with E-state index in [0.29, 0.717) is 30.3 Å². The molecule has 3 N–H and O–H groups in total. The first-order chi connectivity index (χ1) is 22.2. The lowest BCUT2D eigenvalue weighted by atomic mass is 9.97. The second-order valence-electron chi connectivity index (χ2n) is 11.5. The van der Waals surface area contributed by atoms with E-state index in [9.17, 15) is 19.5 Å². The smallest absolute Gasteiger partial charge is 0.326 e. The number of hydrogen-bond acceptors (Lipinski definition) is 6. The van der Waals surface area contributed by atoms with Crippen LogP contribution in [0.1, 0.15) is 32.3 Å². The van der Waals surface area contributed by atoms with Crippen LogP contribution in [-0.4, -0.2) is 70.7 Å². The standard InChI is InChI=1S/C36H42ClN3O4S2/c1-4-24(2)31(39-34(42)23-46-32-17-9-13-26-12-8-16-29(37)35(26)32)21-40(22-33(41)38-30(36(43)44)18-19-45-3)20-27-14-7-11-25-10-5-6-15-28(25)27/h5-17,24,30-31H,4,18-23H2,1-3H3,(H,38,41)(H,39,42)(H,43,44)/t24-,30-,31+/m0/s1. The molecule has 0 aliphatic carbocycles. The van der Waals surface area contributed by atoms with Gasteiger partial charge >= 0.3 is 5.97 Å². The first-order valence-electron chi connectivity index (χ1n) is 15.5. The van der Waals surface area contributed by atoms with Gasteiger partial charge < -0.3 is 15.7 Å². The maximum absolute atomic E-state index is 13.4. The molecular weight excluding hydrogens is 638 g/mol. The van der Waals surface area contributed by atoms with Crippen molar-refractivity contribution in [3.63, 3.8) is 0 Å². The molecule has 0 saturated heterocycles. The Labute approximate surface area is 284 Å². The van der Waals surface area contributed by atoms with Crippen molar-refractivity contribution in [1.29, 1.82) is 0 Å². The van der Waals surface area contributed by atoms with Gasteiger partial charge in [0.05, 0.1) is 12.3 Å². The van der Waals surface area contributed by atoms with E-state index in [1.165, 1.54) is 11.8 Å². The number of carbonyl (C=O) groups excluding carboxylic acids is 2. The van der Waals surface area contributed by atoms with Crippen molar-refractivity contribution in [3.8, 4) is 0 Å². The van der Waals surface area contributed by atoms with Crippen LogP contribution in [0.5, 0.6) is 0 Å². The molecule has 0 spiro atoms. The number of rotatable bonds is 17.